The zero-order valence-electron chi connectivity index (χ0n) is 15.3. The number of primary sulfonamides is 1. The Labute approximate surface area is 164 Å². The number of rotatable bonds is 8. The number of carbonyl (C=O) groups is 1. The standard InChI is InChI=1S/C21H22N2O4S/c22-28(25,26)19-10-6-16(7-11-19)14-15-23-21(24)13-9-18-8-12-20(27-18)17-4-2-1-3-5-17/h1-8,10-12H,9,13-15H2,(H,23,24)(H2,22,25,26). The van der Waals surface area contributed by atoms with E-state index in [1.54, 1.807) is 12.1 Å². The van der Waals surface area contributed by atoms with Gasteiger partial charge in [0.05, 0.1) is 4.90 Å². The van der Waals surface area contributed by atoms with E-state index in [0.29, 0.717) is 25.8 Å². The molecule has 0 saturated heterocycles. The van der Waals surface area contributed by atoms with Crippen molar-refractivity contribution in [1.82, 2.24) is 5.32 Å². The van der Waals surface area contributed by atoms with Gasteiger partial charge in [-0.15, -0.1) is 0 Å². The largest absolute Gasteiger partial charge is 0.461 e. The third-order valence-corrected chi connectivity index (χ3v) is 5.24. The number of nitrogens with two attached hydrogens (primary N) is 1. The number of benzene rings is 2. The number of amides is 1. The lowest BCUT2D eigenvalue weighted by molar-refractivity contribution is -0.121. The van der Waals surface area contributed by atoms with Gasteiger partial charge in [0.25, 0.3) is 0 Å². The summed E-state index contributed by atoms with van der Waals surface area (Å²) >= 11 is 0. The van der Waals surface area contributed by atoms with Crippen LogP contribution in [0.1, 0.15) is 17.7 Å². The Hall–Kier alpha value is -2.90. The Morgan fingerprint density at radius 2 is 1.64 bits per heavy atom. The van der Waals surface area contributed by atoms with Crippen molar-refractivity contribution in [1.29, 1.82) is 0 Å². The van der Waals surface area contributed by atoms with Crippen LogP contribution in [0, 0.1) is 0 Å². The second-order valence-corrected chi connectivity index (χ2v) is 7.98. The number of hydrogen-bond acceptors (Lipinski definition) is 4. The molecule has 146 valence electrons. The molecule has 0 spiro atoms. The summed E-state index contributed by atoms with van der Waals surface area (Å²) < 4.78 is 28.3. The van der Waals surface area contributed by atoms with Crippen molar-refractivity contribution < 1.29 is 17.6 Å². The first-order valence-electron chi connectivity index (χ1n) is 8.94. The summed E-state index contributed by atoms with van der Waals surface area (Å²) in [6.45, 7) is 0.473. The molecule has 0 bridgehead atoms. The monoisotopic (exact) mass is 398 g/mol. The fourth-order valence-corrected chi connectivity index (χ4v) is 3.30. The fourth-order valence-electron chi connectivity index (χ4n) is 2.79. The third-order valence-electron chi connectivity index (χ3n) is 4.31. The number of carbonyl (C=O) groups excluding carboxylic acids is 1. The molecule has 0 aliphatic rings. The van der Waals surface area contributed by atoms with Gasteiger partial charge in [-0.05, 0) is 36.2 Å². The van der Waals surface area contributed by atoms with Gasteiger partial charge in [0.1, 0.15) is 11.5 Å². The van der Waals surface area contributed by atoms with Gasteiger partial charge in [-0.1, -0.05) is 42.5 Å². The van der Waals surface area contributed by atoms with Gasteiger partial charge in [-0.2, -0.15) is 0 Å². The van der Waals surface area contributed by atoms with Crippen molar-refractivity contribution in [3.63, 3.8) is 0 Å². The zero-order chi connectivity index (χ0) is 20.0. The SMILES string of the molecule is NS(=O)(=O)c1ccc(CCNC(=O)CCc2ccc(-c3ccccc3)o2)cc1. The summed E-state index contributed by atoms with van der Waals surface area (Å²) in [6, 6.07) is 19.9. The van der Waals surface area contributed by atoms with Gasteiger partial charge >= 0.3 is 0 Å². The van der Waals surface area contributed by atoms with Crippen LogP contribution in [0.5, 0.6) is 0 Å². The van der Waals surface area contributed by atoms with E-state index in [1.165, 1.54) is 12.1 Å². The summed E-state index contributed by atoms with van der Waals surface area (Å²) in [6.07, 6.45) is 1.48. The lowest BCUT2D eigenvalue weighted by atomic mass is 10.1. The third kappa shape index (κ3) is 5.55. The molecule has 0 saturated carbocycles. The van der Waals surface area contributed by atoms with Gasteiger partial charge in [-0.3, -0.25) is 4.79 Å². The fraction of sp³-hybridized carbons (Fsp3) is 0.190. The molecule has 3 aromatic rings. The summed E-state index contributed by atoms with van der Waals surface area (Å²) in [7, 11) is -3.68. The smallest absolute Gasteiger partial charge is 0.238 e. The van der Waals surface area contributed by atoms with Crippen molar-refractivity contribution in [3.05, 3.63) is 78.1 Å². The summed E-state index contributed by atoms with van der Waals surface area (Å²) in [4.78, 5) is 12.1. The molecule has 1 heterocycles. The van der Waals surface area contributed by atoms with Crippen LogP contribution in [-0.2, 0) is 27.7 Å². The Morgan fingerprint density at radius 3 is 2.32 bits per heavy atom. The molecule has 0 aliphatic heterocycles. The van der Waals surface area contributed by atoms with Crippen LogP contribution < -0.4 is 10.5 Å². The molecule has 0 fully saturated rings. The van der Waals surface area contributed by atoms with Crippen LogP contribution in [0.15, 0.2) is 76.0 Å². The predicted octanol–water partition coefficient (Wildman–Crippen LogP) is 2.89. The average Bonchev–Trinajstić information content (AvgIpc) is 3.16. The minimum absolute atomic E-state index is 0.0567. The topological polar surface area (TPSA) is 102 Å². The van der Waals surface area contributed by atoms with Crippen molar-refractivity contribution in [2.45, 2.75) is 24.2 Å². The molecule has 3 rings (SSSR count). The van der Waals surface area contributed by atoms with E-state index in [9.17, 15) is 13.2 Å². The number of sulfonamides is 1. The van der Waals surface area contributed by atoms with Crippen molar-refractivity contribution >= 4 is 15.9 Å². The molecule has 0 atom stereocenters. The van der Waals surface area contributed by atoms with E-state index in [2.05, 4.69) is 5.32 Å². The Kier molecular flexibility index (Phi) is 6.28. The molecule has 0 aliphatic carbocycles. The zero-order valence-corrected chi connectivity index (χ0v) is 16.1. The van der Waals surface area contributed by atoms with E-state index in [4.69, 9.17) is 9.56 Å². The van der Waals surface area contributed by atoms with Crippen molar-refractivity contribution in [2.75, 3.05) is 6.54 Å². The normalized spacial score (nSPS) is 11.3. The summed E-state index contributed by atoms with van der Waals surface area (Å²) in [5.74, 6) is 1.50. The van der Waals surface area contributed by atoms with Crippen molar-refractivity contribution in [3.8, 4) is 11.3 Å². The minimum atomic E-state index is -3.68. The van der Waals surface area contributed by atoms with E-state index in [-0.39, 0.29) is 10.8 Å². The van der Waals surface area contributed by atoms with E-state index >= 15 is 0 Å². The van der Waals surface area contributed by atoms with E-state index < -0.39 is 10.0 Å². The summed E-state index contributed by atoms with van der Waals surface area (Å²) in [5, 5.41) is 7.93. The van der Waals surface area contributed by atoms with Crippen LogP contribution in [0.4, 0.5) is 0 Å². The van der Waals surface area contributed by atoms with E-state index in [0.717, 1.165) is 22.6 Å². The van der Waals surface area contributed by atoms with Crippen LogP contribution in [-0.4, -0.2) is 20.9 Å². The predicted molar refractivity (Wildman–Crippen MR) is 107 cm³/mol. The van der Waals surface area contributed by atoms with Crippen LogP contribution in [0.2, 0.25) is 0 Å². The highest BCUT2D eigenvalue weighted by molar-refractivity contribution is 7.89. The molecule has 0 unspecified atom stereocenters. The van der Waals surface area contributed by atoms with Crippen molar-refractivity contribution in [2.24, 2.45) is 5.14 Å². The molecular formula is C21H22N2O4S. The molecule has 7 heteroatoms. The van der Waals surface area contributed by atoms with Gasteiger partial charge in [0.15, 0.2) is 0 Å². The maximum atomic E-state index is 12.0. The molecule has 28 heavy (non-hydrogen) atoms. The van der Waals surface area contributed by atoms with Gasteiger partial charge < -0.3 is 9.73 Å². The molecule has 1 amide bonds. The molecule has 2 aromatic carbocycles. The number of furan rings is 1. The quantitative estimate of drug-likeness (QED) is 0.609. The highest BCUT2D eigenvalue weighted by Crippen LogP contribution is 2.22. The highest BCUT2D eigenvalue weighted by atomic mass is 32.2. The Bertz CT molecular complexity index is 1030. The summed E-state index contributed by atoms with van der Waals surface area (Å²) in [5.41, 5.74) is 1.93. The maximum absolute atomic E-state index is 12.0. The van der Waals surface area contributed by atoms with Gasteiger partial charge in [-0.25, -0.2) is 13.6 Å². The maximum Gasteiger partial charge on any atom is 0.238 e. The lowest BCUT2D eigenvalue weighted by Gasteiger charge is -2.06. The first-order chi connectivity index (χ1) is 13.4. The molecular weight excluding hydrogens is 376 g/mol. The number of nitrogens with one attached hydrogen (secondary N) is 1. The van der Waals surface area contributed by atoms with Crippen LogP contribution >= 0.6 is 0 Å². The number of aryl methyl sites for hydroxylation is 1. The Morgan fingerprint density at radius 1 is 0.929 bits per heavy atom. The molecule has 1 aromatic heterocycles. The molecule has 3 N–H and O–H groups in total. The van der Waals surface area contributed by atoms with Crippen LogP contribution in [0.3, 0.4) is 0 Å². The minimum Gasteiger partial charge on any atom is -0.461 e. The average molecular weight is 398 g/mol. The van der Waals surface area contributed by atoms with Crippen LogP contribution in [0.25, 0.3) is 11.3 Å². The second kappa shape index (κ2) is 8.86. The Balaban J connectivity index is 1.42. The second-order valence-electron chi connectivity index (χ2n) is 6.42. The first kappa shape index (κ1) is 19.9. The van der Waals surface area contributed by atoms with Gasteiger partial charge in [0, 0.05) is 24.9 Å². The lowest BCUT2D eigenvalue weighted by Crippen LogP contribution is -2.25. The van der Waals surface area contributed by atoms with Gasteiger partial charge in [0.2, 0.25) is 15.9 Å². The molecule has 0 radical (unpaired) electrons. The van der Waals surface area contributed by atoms with E-state index in [1.807, 2.05) is 42.5 Å². The first-order valence-corrected chi connectivity index (χ1v) is 10.5. The molecule has 6 nitrogen and oxygen atoms in total. The highest BCUT2D eigenvalue weighted by Gasteiger charge is 2.09. The number of hydrogen-bond donors (Lipinski definition) is 2.